The Morgan fingerprint density at radius 3 is 2.50 bits per heavy atom. The van der Waals surface area contributed by atoms with E-state index in [1.165, 1.54) is 51.4 Å². The van der Waals surface area contributed by atoms with Crippen molar-refractivity contribution in [1.82, 2.24) is 0 Å². The summed E-state index contributed by atoms with van der Waals surface area (Å²) in [6.45, 7) is 6.98. The molecule has 1 rings (SSSR count). The average molecular weight is 225 g/mol. The van der Waals surface area contributed by atoms with Gasteiger partial charge < -0.3 is 5.73 Å². The summed E-state index contributed by atoms with van der Waals surface area (Å²) in [5, 5.41) is 0. The fraction of sp³-hybridized carbons (Fsp3) is 1.00. The largest absolute Gasteiger partial charge is 0.327 e. The van der Waals surface area contributed by atoms with Gasteiger partial charge in [-0.3, -0.25) is 0 Å². The van der Waals surface area contributed by atoms with E-state index in [1.807, 2.05) is 0 Å². The molecule has 0 saturated heterocycles. The predicted molar refractivity (Wildman–Crippen MR) is 72.4 cm³/mol. The summed E-state index contributed by atoms with van der Waals surface area (Å²) >= 11 is 0. The smallest absolute Gasteiger partial charge is 0.00698 e. The second-order valence-electron chi connectivity index (χ2n) is 5.99. The quantitative estimate of drug-likeness (QED) is 0.684. The third-order valence-corrected chi connectivity index (χ3v) is 4.49. The molecule has 0 aromatic heterocycles. The van der Waals surface area contributed by atoms with E-state index in [2.05, 4.69) is 20.8 Å². The summed E-state index contributed by atoms with van der Waals surface area (Å²) in [7, 11) is 0. The molecule has 1 saturated carbocycles. The molecular formula is C15H31N. The van der Waals surface area contributed by atoms with E-state index in [0.29, 0.717) is 6.04 Å². The zero-order valence-corrected chi connectivity index (χ0v) is 11.5. The van der Waals surface area contributed by atoms with Gasteiger partial charge in [0, 0.05) is 6.04 Å². The van der Waals surface area contributed by atoms with Crippen molar-refractivity contribution in [2.75, 3.05) is 0 Å². The first-order valence-corrected chi connectivity index (χ1v) is 7.42. The molecule has 0 aromatic carbocycles. The molecular weight excluding hydrogens is 194 g/mol. The highest BCUT2D eigenvalue weighted by atomic mass is 14.7. The van der Waals surface area contributed by atoms with Crippen molar-refractivity contribution in [3.8, 4) is 0 Å². The van der Waals surface area contributed by atoms with Gasteiger partial charge in [0.2, 0.25) is 0 Å². The standard InChI is InChI=1S/C15H31N/c1-4-6-7-13(5-2)11-15(16)14-9-8-12(3)10-14/h12-15H,4-11,16H2,1-3H3. The van der Waals surface area contributed by atoms with Crippen molar-refractivity contribution in [1.29, 1.82) is 0 Å². The van der Waals surface area contributed by atoms with Crippen LogP contribution >= 0.6 is 0 Å². The Morgan fingerprint density at radius 1 is 1.25 bits per heavy atom. The van der Waals surface area contributed by atoms with E-state index < -0.39 is 0 Å². The molecule has 1 aliphatic carbocycles. The molecule has 0 spiro atoms. The van der Waals surface area contributed by atoms with E-state index in [1.54, 1.807) is 0 Å². The summed E-state index contributed by atoms with van der Waals surface area (Å²) in [6.07, 6.45) is 10.9. The van der Waals surface area contributed by atoms with Gasteiger partial charge in [0.05, 0.1) is 0 Å². The molecule has 1 aliphatic rings. The maximum absolute atomic E-state index is 6.39. The number of hydrogen-bond acceptors (Lipinski definition) is 1. The lowest BCUT2D eigenvalue weighted by Gasteiger charge is -2.24. The molecule has 0 bridgehead atoms. The Hall–Kier alpha value is -0.0400. The molecule has 0 heterocycles. The van der Waals surface area contributed by atoms with Gasteiger partial charge in [-0.15, -0.1) is 0 Å². The van der Waals surface area contributed by atoms with Gasteiger partial charge in [-0.2, -0.15) is 0 Å². The van der Waals surface area contributed by atoms with Gasteiger partial charge in [-0.1, -0.05) is 52.9 Å². The maximum atomic E-state index is 6.39. The van der Waals surface area contributed by atoms with Crippen LogP contribution in [0.15, 0.2) is 0 Å². The highest BCUT2D eigenvalue weighted by molar-refractivity contribution is 4.82. The number of nitrogens with two attached hydrogens (primary N) is 1. The fourth-order valence-corrected chi connectivity index (χ4v) is 3.20. The monoisotopic (exact) mass is 225 g/mol. The van der Waals surface area contributed by atoms with E-state index in [4.69, 9.17) is 5.73 Å². The van der Waals surface area contributed by atoms with E-state index >= 15 is 0 Å². The van der Waals surface area contributed by atoms with Crippen molar-refractivity contribution < 1.29 is 0 Å². The van der Waals surface area contributed by atoms with Crippen LogP contribution in [0.5, 0.6) is 0 Å². The first-order valence-electron chi connectivity index (χ1n) is 7.42. The lowest BCUT2D eigenvalue weighted by atomic mass is 9.86. The molecule has 0 radical (unpaired) electrons. The minimum absolute atomic E-state index is 0.478. The molecule has 96 valence electrons. The SMILES string of the molecule is CCCCC(CC)CC(N)C1CCC(C)C1. The van der Waals surface area contributed by atoms with Gasteiger partial charge in [0.25, 0.3) is 0 Å². The summed E-state index contributed by atoms with van der Waals surface area (Å²) in [4.78, 5) is 0. The third kappa shape index (κ3) is 4.45. The first kappa shape index (κ1) is 14.0. The van der Waals surface area contributed by atoms with Crippen LogP contribution in [0.1, 0.15) is 72.1 Å². The van der Waals surface area contributed by atoms with Crippen molar-refractivity contribution in [2.45, 2.75) is 78.2 Å². The molecule has 0 aromatic rings. The second kappa shape index (κ2) is 7.32. The van der Waals surface area contributed by atoms with Gasteiger partial charge in [-0.05, 0) is 37.0 Å². The molecule has 0 amide bonds. The van der Waals surface area contributed by atoms with E-state index in [9.17, 15) is 0 Å². The highest BCUT2D eigenvalue weighted by Crippen LogP contribution is 2.34. The molecule has 4 atom stereocenters. The maximum Gasteiger partial charge on any atom is 0.00698 e. The minimum Gasteiger partial charge on any atom is -0.327 e. The van der Waals surface area contributed by atoms with Crippen LogP contribution in [0.25, 0.3) is 0 Å². The summed E-state index contributed by atoms with van der Waals surface area (Å²) in [6, 6.07) is 0.478. The normalized spacial score (nSPS) is 29.2. The predicted octanol–water partition coefficient (Wildman–Crippen LogP) is 4.36. The average Bonchev–Trinajstić information content (AvgIpc) is 2.70. The minimum atomic E-state index is 0.478. The van der Waals surface area contributed by atoms with Crippen LogP contribution in [0, 0.1) is 17.8 Å². The lowest BCUT2D eigenvalue weighted by Crippen LogP contribution is -2.31. The third-order valence-electron chi connectivity index (χ3n) is 4.49. The van der Waals surface area contributed by atoms with Gasteiger partial charge in [0.1, 0.15) is 0 Å². The first-order chi connectivity index (χ1) is 7.67. The zero-order valence-electron chi connectivity index (χ0n) is 11.5. The summed E-state index contributed by atoms with van der Waals surface area (Å²) < 4.78 is 0. The van der Waals surface area contributed by atoms with Crippen molar-refractivity contribution in [2.24, 2.45) is 23.5 Å². The molecule has 4 unspecified atom stereocenters. The van der Waals surface area contributed by atoms with Gasteiger partial charge in [-0.25, -0.2) is 0 Å². The Morgan fingerprint density at radius 2 is 2.00 bits per heavy atom. The number of hydrogen-bond donors (Lipinski definition) is 1. The second-order valence-corrected chi connectivity index (χ2v) is 5.99. The summed E-state index contributed by atoms with van der Waals surface area (Å²) in [5.74, 6) is 2.63. The molecule has 1 fully saturated rings. The lowest BCUT2D eigenvalue weighted by molar-refractivity contribution is 0.316. The number of unbranched alkanes of at least 4 members (excludes halogenated alkanes) is 1. The zero-order chi connectivity index (χ0) is 12.0. The molecule has 16 heavy (non-hydrogen) atoms. The summed E-state index contributed by atoms with van der Waals surface area (Å²) in [5.41, 5.74) is 6.39. The van der Waals surface area contributed by atoms with Crippen molar-refractivity contribution >= 4 is 0 Å². The molecule has 2 N–H and O–H groups in total. The number of rotatable bonds is 7. The molecule has 1 nitrogen and oxygen atoms in total. The van der Waals surface area contributed by atoms with Crippen LogP contribution in [0.3, 0.4) is 0 Å². The van der Waals surface area contributed by atoms with Crippen LogP contribution in [0.4, 0.5) is 0 Å². The Kier molecular flexibility index (Phi) is 6.41. The van der Waals surface area contributed by atoms with Crippen LogP contribution in [-0.2, 0) is 0 Å². The van der Waals surface area contributed by atoms with Crippen LogP contribution in [-0.4, -0.2) is 6.04 Å². The fourth-order valence-electron chi connectivity index (χ4n) is 3.20. The highest BCUT2D eigenvalue weighted by Gasteiger charge is 2.27. The van der Waals surface area contributed by atoms with Crippen molar-refractivity contribution in [3.05, 3.63) is 0 Å². The molecule has 0 aliphatic heterocycles. The van der Waals surface area contributed by atoms with Crippen LogP contribution < -0.4 is 5.73 Å². The van der Waals surface area contributed by atoms with Crippen LogP contribution in [0.2, 0.25) is 0 Å². The Labute approximate surface area is 102 Å². The van der Waals surface area contributed by atoms with Gasteiger partial charge >= 0.3 is 0 Å². The molecule has 1 heteroatoms. The topological polar surface area (TPSA) is 26.0 Å². The van der Waals surface area contributed by atoms with E-state index in [0.717, 1.165) is 17.8 Å². The van der Waals surface area contributed by atoms with Crippen molar-refractivity contribution in [3.63, 3.8) is 0 Å². The van der Waals surface area contributed by atoms with Gasteiger partial charge in [0.15, 0.2) is 0 Å². The van der Waals surface area contributed by atoms with E-state index in [-0.39, 0.29) is 0 Å². The Bertz CT molecular complexity index is 178. The Balaban J connectivity index is 2.27.